The molecule has 0 atom stereocenters. The molecular formula is C17H18N2O3. The van der Waals surface area contributed by atoms with Gasteiger partial charge in [0.05, 0.1) is 18.4 Å². The van der Waals surface area contributed by atoms with Crippen molar-refractivity contribution in [1.82, 2.24) is 9.55 Å². The summed E-state index contributed by atoms with van der Waals surface area (Å²) >= 11 is 0. The molecule has 1 heterocycles. The van der Waals surface area contributed by atoms with E-state index in [0.29, 0.717) is 17.7 Å². The van der Waals surface area contributed by atoms with Crippen molar-refractivity contribution < 1.29 is 14.3 Å². The number of ketones is 1. The highest BCUT2D eigenvalue weighted by Crippen LogP contribution is 2.35. The Labute approximate surface area is 128 Å². The van der Waals surface area contributed by atoms with Gasteiger partial charge in [-0.15, -0.1) is 0 Å². The first-order valence-corrected chi connectivity index (χ1v) is 7.19. The average Bonchev–Trinajstić information content (AvgIpc) is 2.89. The zero-order valence-electron chi connectivity index (χ0n) is 12.9. The highest BCUT2D eigenvalue weighted by Gasteiger charge is 2.34. The molecule has 0 amide bonds. The van der Waals surface area contributed by atoms with Gasteiger partial charge in [0.2, 0.25) is 0 Å². The van der Waals surface area contributed by atoms with Crippen LogP contribution in [0.5, 0.6) is 0 Å². The van der Waals surface area contributed by atoms with Crippen molar-refractivity contribution in [3.8, 4) is 5.69 Å². The lowest BCUT2D eigenvalue weighted by Gasteiger charge is -2.28. The molecule has 0 fully saturated rings. The predicted molar refractivity (Wildman–Crippen MR) is 81.3 cm³/mol. The Balaban J connectivity index is 2.00. The van der Waals surface area contributed by atoms with Gasteiger partial charge < -0.3 is 9.30 Å². The third-order valence-corrected chi connectivity index (χ3v) is 3.98. The molecule has 5 heteroatoms. The Morgan fingerprint density at radius 3 is 2.55 bits per heavy atom. The standard InChI is InChI=1S/C17H18N2O3/c1-17(2)8-13-15(14(20)9-17)18-10-19(13)12-6-4-11(5-7-12)16(21)22-3/h4-7,10H,8-9H2,1-3H3. The molecule has 0 saturated carbocycles. The van der Waals surface area contributed by atoms with Gasteiger partial charge in [-0.25, -0.2) is 9.78 Å². The van der Waals surface area contributed by atoms with Crippen LogP contribution in [0.2, 0.25) is 0 Å². The van der Waals surface area contributed by atoms with Crippen LogP contribution < -0.4 is 0 Å². The number of fused-ring (bicyclic) bond motifs is 1. The van der Waals surface area contributed by atoms with Gasteiger partial charge in [0.1, 0.15) is 12.0 Å². The molecule has 114 valence electrons. The number of benzene rings is 1. The smallest absolute Gasteiger partial charge is 0.337 e. The number of carbonyl (C=O) groups is 2. The number of aromatic nitrogens is 2. The lowest BCUT2D eigenvalue weighted by molar-refractivity contribution is 0.0600. The normalized spacial score (nSPS) is 16.2. The van der Waals surface area contributed by atoms with E-state index in [4.69, 9.17) is 4.74 Å². The van der Waals surface area contributed by atoms with Gasteiger partial charge in [0.15, 0.2) is 5.78 Å². The van der Waals surface area contributed by atoms with Crippen molar-refractivity contribution in [3.63, 3.8) is 0 Å². The monoisotopic (exact) mass is 298 g/mol. The van der Waals surface area contributed by atoms with E-state index in [1.54, 1.807) is 18.5 Å². The van der Waals surface area contributed by atoms with Gasteiger partial charge in [-0.3, -0.25) is 4.79 Å². The molecular weight excluding hydrogens is 280 g/mol. The second kappa shape index (κ2) is 5.09. The number of rotatable bonds is 2. The van der Waals surface area contributed by atoms with E-state index in [-0.39, 0.29) is 17.2 Å². The van der Waals surface area contributed by atoms with E-state index in [0.717, 1.165) is 17.8 Å². The molecule has 1 aromatic heterocycles. The van der Waals surface area contributed by atoms with Gasteiger partial charge in [0, 0.05) is 12.1 Å². The van der Waals surface area contributed by atoms with E-state index < -0.39 is 0 Å². The summed E-state index contributed by atoms with van der Waals surface area (Å²) in [6.07, 6.45) is 3.00. The number of hydrogen-bond donors (Lipinski definition) is 0. The van der Waals surface area contributed by atoms with Crippen molar-refractivity contribution in [2.75, 3.05) is 7.11 Å². The van der Waals surface area contributed by atoms with Crippen molar-refractivity contribution in [2.45, 2.75) is 26.7 Å². The largest absolute Gasteiger partial charge is 0.465 e. The highest BCUT2D eigenvalue weighted by atomic mass is 16.5. The third kappa shape index (κ3) is 2.43. The summed E-state index contributed by atoms with van der Waals surface area (Å²) in [5.41, 5.74) is 2.82. The van der Waals surface area contributed by atoms with Crippen LogP contribution in [0.4, 0.5) is 0 Å². The zero-order valence-corrected chi connectivity index (χ0v) is 12.9. The maximum absolute atomic E-state index is 12.2. The topological polar surface area (TPSA) is 61.2 Å². The van der Waals surface area contributed by atoms with Crippen LogP contribution in [0.15, 0.2) is 30.6 Å². The quantitative estimate of drug-likeness (QED) is 0.800. The van der Waals surface area contributed by atoms with Crippen molar-refractivity contribution in [1.29, 1.82) is 0 Å². The van der Waals surface area contributed by atoms with Crippen LogP contribution in [0.3, 0.4) is 0 Å². The third-order valence-electron chi connectivity index (χ3n) is 3.98. The number of Topliss-reactive ketones (excluding diaryl/α,β-unsaturated/α-hetero) is 1. The fraction of sp³-hybridized carbons (Fsp3) is 0.353. The number of methoxy groups -OCH3 is 1. The Morgan fingerprint density at radius 1 is 1.23 bits per heavy atom. The number of nitrogens with zero attached hydrogens (tertiary/aromatic N) is 2. The van der Waals surface area contributed by atoms with E-state index >= 15 is 0 Å². The molecule has 0 saturated heterocycles. The van der Waals surface area contributed by atoms with Crippen LogP contribution in [-0.2, 0) is 11.2 Å². The first-order valence-electron chi connectivity index (χ1n) is 7.19. The fourth-order valence-corrected chi connectivity index (χ4v) is 2.91. The Hall–Kier alpha value is -2.43. The summed E-state index contributed by atoms with van der Waals surface area (Å²) < 4.78 is 6.62. The summed E-state index contributed by atoms with van der Waals surface area (Å²) in [5.74, 6) is -0.272. The number of hydrogen-bond acceptors (Lipinski definition) is 4. The number of carbonyl (C=O) groups excluding carboxylic acids is 2. The molecule has 0 spiro atoms. The lowest BCUT2D eigenvalue weighted by Crippen LogP contribution is -2.28. The molecule has 0 aliphatic heterocycles. The molecule has 3 rings (SSSR count). The molecule has 1 aliphatic rings. The Kier molecular flexibility index (Phi) is 3.35. The molecule has 0 radical (unpaired) electrons. The minimum Gasteiger partial charge on any atom is -0.465 e. The molecule has 1 aromatic carbocycles. The maximum Gasteiger partial charge on any atom is 0.337 e. The van der Waals surface area contributed by atoms with Crippen LogP contribution in [0, 0.1) is 5.41 Å². The van der Waals surface area contributed by atoms with Crippen molar-refractivity contribution in [3.05, 3.63) is 47.5 Å². The van der Waals surface area contributed by atoms with Gasteiger partial charge in [-0.05, 0) is 36.1 Å². The molecule has 0 N–H and O–H groups in total. The van der Waals surface area contributed by atoms with E-state index in [1.807, 2.05) is 16.7 Å². The Bertz CT molecular complexity index is 742. The molecule has 0 unspecified atom stereocenters. The average molecular weight is 298 g/mol. The fourth-order valence-electron chi connectivity index (χ4n) is 2.91. The predicted octanol–water partition coefficient (Wildman–Crippen LogP) is 2.81. The van der Waals surface area contributed by atoms with E-state index in [2.05, 4.69) is 18.8 Å². The molecule has 22 heavy (non-hydrogen) atoms. The summed E-state index contributed by atoms with van der Waals surface area (Å²) in [6, 6.07) is 7.09. The van der Waals surface area contributed by atoms with Gasteiger partial charge in [0.25, 0.3) is 0 Å². The maximum atomic E-state index is 12.2. The molecule has 2 aromatic rings. The summed E-state index contributed by atoms with van der Waals surface area (Å²) in [4.78, 5) is 28.0. The Morgan fingerprint density at radius 2 is 1.91 bits per heavy atom. The number of esters is 1. The van der Waals surface area contributed by atoms with Crippen LogP contribution in [0.25, 0.3) is 5.69 Å². The van der Waals surface area contributed by atoms with E-state index in [1.165, 1.54) is 7.11 Å². The number of ether oxygens (including phenoxy) is 1. The second-order valence-corrected chi connectivity index (χ2v) is 6.39. The van der Waals surface area contributed by atoms with Gasteiger partial charge in [-0.2, -0.15) is 0 Å². The summed E-state index contributed by atoms with van der Waals surface area (Å²) in [6.45, 7) is 4.18. The number of imidazole rings is 1. The van der Waals surface area contributed by atoms with Gasteiger partial charge in [-0.1, -0.05) is 13.8 Å². The van der Waals surface area contributed by atoms with Crippen molar-refractivity contribution in [2.24, 2.45) is 5.41 Å². The van der Waals surface area contributed by atoms with Crippen LogP contribution in [0.1, 0.15) is 46.8 Å². The zero-order chi connectivity index (χ0) is 15.9. The van der Waals surface area contributed by atoms with Crippen LogP contribution >= 0.6 is 0 Å². The first-order chi connectivity index (χ1) is 10.4. The molecule has 5 nitrogen and oxygen atoms in total. The summed E-state index contributed by atoms with van der Waals surface area (Å²) in [7, 11) is 1.36. The molecule has 1 aliphatic carbocycles. The SMILES string of the molecule is COC(=O)c1ccc(-n2cnc3c2CC(C)(C)CC3=O)cc1. The summed E-state index contributed by atoms with van der Waals surface area (Å²) in [5, 5.41) is 0. The van der Waals surface area contributed by atoms with Gasteiger partial charge >= 0.3 is 5.97 Å². The molecule has 0 bridgehead atoms. The van der Waals surface area contributed by atoms with E-state index in [9.17, 15) is 9.59 Å². The first kappa shape index (κ1) is 14.5. The second-order valence-electron chi connectivity index (χ2n) is 6.39. The minimum atomic E-state index is -0.365. The van der Waals surface area contributed by atoms with Crippen molar-refractivity contribution >= 4 is 11.8 Å². The lowest BCUT2D eigenvalue weighted by atomic mass is 9.77. The highest BCUT2D eigenvalue weighted by molar-refractivity contribution is 5.97. The van der Waals surface area contributed by atoms with Crippen LogP contribution in [-0.4, -0.2) is 28.4 Å². The minimum absolute atomic E-state index is 0.0617.